The largest absolute Gasteiger partial charge is 0.454 e. The molecule has 4 rings (SSSR count). The van der Waals surface area contributed by atoms with Gasteiger partial charge in [-0.15, -0.1) is 0 Å². The third kappa shape index (κ3) is 3.65. The SMILES string of the molecule is CN1CC[C@@H](O)[C@H](C(=O)N2CCN(Cc3ccc4c(c3)OCO4)CC2)C1. The summed E-state index contributed by atoms with van der Waals surface area (Å²) in [5.74, 6) is 1.44. The molecule has 3 aliphatic heterocycles. The highest BCUT2D eigenvalue weighted by Gasteiger charge is 2.35. The second-order valence-electron chi connectivity index (χ2n) is 7.51. The lowest BCUT2D eigenvalue weighted by molar-refractivity contribution is -0.144. The van der Waals surface area contributed by atoms with E-state index in [0.717, 1.165) is 50.8 Å². The summed E-state index contributed by atoms with van der Waals surface area (Å²) in [6, 6.07) is 6.06. The number of fused-ring (bicyclic) bond motifs is 1. The van der Waals surface area contributed by atoms with E-state index in [1.54, 1.807) is 0 Å². The van der Waals surface area contributed by atoms with E-state index in [1.165, 1.54) is 5.56 Å². The number of aliphatic hydroxyl groups excluding tert-OH is 1. The molecule has 0 bridgehead atoms. The van der Waals surface area contributed by atoms with Crippen LogP contribution in [-0.2, 0) is 11.3 Å². The van der Waals surface area contributed by atoms with Crippen LogP contribution >= 0.6 is 0 Å². The molecule has 0 spiro atoms. The molecule has 0 saturated carbocycles. The summed E-state index contributed by atoms with van der Waals surface area (Å²) >= 11 is 0. The van der Waals surface area contributed by atoms with Crippen molar-refractivity contribution in [2.45, 2.75) is 19.1 Å². The fourth-order valence-electron chi connectivity index (χ4n) is 4.00. The van der Waals surface area contributed by atoms with E-state index in [0.29, 0.717) is 19.8 Å². The van der Waals surface area contributed by atoms with Crippen molar-refractivity contribution in [2.75, 3.05) is 53.1 Å². The van der Waals surface area contributed by atoms with Crippen LogP contribution in [0, 0.1) is 5.92 Å². The van der Waals surface area contributed by atoms with Crippen molar-refractivity contribution in [1.29, 1.82) is 0 Å². The van der Waals surface area contributed by atoms with Gasteiger partial charge in [-0.2, -0.15) is 0 Å². The lowest BCUT2D eigenvalue weighted by Gasteiger charge is -2.39. The van der Waals surface area contributed by atoms with Gasteiger partial charge in [-0.25, -0.2) is 0 Å². The predicted octanol–water partition coefficient (Wildman–Crippen LogP) is 0.372. The zero-order valence-corrected chi connectivity index (χ0v) is 15.3. The Kier molecular flexibility index (Phi) is 5.02. The molecule has 26 heavy (non-hydrogen) atoms. The number of ether oxygens (including phenoxy) is 2. The van der Waals surface area contributed by atoms with E-state index in [2.05, 4.69) is 15.9 Å². The fourth-order valence-corrected chi connectivity index (χ4v) is 4.00. The third-order valence-corrected chi connectivity index (χ3v) is 5.62. The van der Waals surface area contributed by atoms with Crippen molar-refractivity contribution in [3.8, 4) is 11.5 Å². The standard InChI is InChI=1S/C19H27N3O4/c1-20-5-4-16(23)15(12-20)19(24)22-8-6-21(7-9-22)11-14-2-3-17-18(10-14)26-13-25-17/h2-3,10,15-16,23H,4-9,11-13H2,1H3/t15-,16-/m1/s1. The lowest BCUT2D eigenvalue weighted by Crippen LogP contribution is -2.54. The van der Waals surface area contributed by atoms with Gasteiger partial charge < -0.3 is 24.4 Å². The van der Waals surface area contributed by atoms with Gasteiger partial charge in [-0.3, -0.25) is 9.69 Å². The molecule has 0 radical (unpaired) electrons. The van der Waals surface area contributed by atoms with Gasteiger partial charge in [0.2, 0.25) is 12.7 Å². The molecule has 0 aliphatic carbocycles. The maximum Gasteiger partial charge on any atom is 0.231 e. The first-order chi connectivity index (χ1) is 12.6. The van der Waals surface area contributed by atoms with Crippen LogP contribution in [0.1, 0.15) is 12.0 Å². The molecule has 7 heteroatoms. The number of aliphatic hydroxyl groups is 1. The Morgan fingerprint density at radius 1 is 1.15 bits per heavy atom. The van der Waals surface area contributed by atoms with Gasteiger partial charge in [0, 0.05) is 45.8 Å². The second kappa shape index (κ2) is 7.42. The Hall–Kier alpha value is -1.83. The molecule has 1 aromatic carbocycles. The van der Waals surface area contributed by atoms with Gasteiger partial charge in [0.25, 0.3) is 0 Å². The van der Waals surface area contributed by atoms with Gasteiger partial charge in [-0.1, -0.05) is 6.07 Å². The number of carbonyl (C=O) groups excluding carboxylic acids is 1. The van der Waals surface area contributed by atoms with Crippen LogP contribution in [0.2, 0.25) is 0 Å². The number of carbonyl (C=O) groups is 1. The Labute approximate surface area is 154 Å². The zero-order valence-electron chi connectivity index (χ0n) is 15.3. The fraction of sp³-hybridized carbons (Fsp3) is 0.632. The molecular formula is C19H27N3O4. The van der Waals surface area contributed by atoms with E-state index in [1.807, 2.05) is 24.1 Å². The van der Waals surface area contributed by atoms with Crippen LogP contribution in [0.4, 0.5) is 0 Å². The molecular weight excluding hydrogens is 334 g/mol. The molecule has 1 amide bonds. The number of likely N-dealkylation sites (tertiary alicyclic amines) is 1. The number of hydrogen-bond acceptors (Lipinski definition) is 6. The van der Waals surface area contributed by atoms with Gasteiger partial charge in [0.15, 0.2) is 11.5 Å². The van der Waals surface area contributed by atoms with Crippen LogP contribution < -0.4 is 9.47 Å². The summed E-state index contributed by atoms with van der Waals surface area (Å²) in [5, 5.41) is 10.2. The highest BCUT2D eigenvalue weighted by molar-refractivity contribution is 5.80. The normalized spacial score (nSPS) is 26.9. The molecule has 2 fully saturated rings. The molecule has 3 aliphatic rings. The number of hydrogen-bond donors (Lipinski definition) is 1. The maximum absolute atomic E-state index is 12.8. The average Bonchev–Trinajstić information content (AvgIpc) is 3.11. The van der Waals surface area contributed by atoms with Crippen molar-refractivity contribution in [3.05, 3.63) is 23.8 Å². The lowest BCUT2D eigenvalue weighted by atomic mass is 9.93. The highest BCUT2D eigenvalue weighted by atomic mass is 16.7. The summed E-state index contributed by atoms with van der Waals surface area (Å²) in [6.45, 7) is 5.77. The second-order valence-corrected chi connectivity index (χ2v) is 7.51. The van der Waals surface area contributed by atoms with Gasteiger partial charge in [0.05, 0.1) is 12.0 Å². The minimum atomic E-state index is -0.509. The first kappa shape index (κ1) is 17.6. The number of amides is 1. The summed E-state index contributed by atoms with van der Waals surface area (Å²) in [4.78, 5) is 19.2. The van der Waals surface area contributed by atoms with Crippen molar-refractivity contribution < 1.29 is 19.4 Å². The van der Waals surface area contributed by atoms with Crippen LogP contribution in [0.3, 0.4) is 0 Å². The van der Waals surface area contributed by atoms with E-state index < -0.39 is 6.10 Å². The van der Waals surface area contributed by atoms with E-state index in [4.69, 9.17) is 9.47 Å². The van der Waals surface area contributed by atoms with Gasteiger partial charge >= 0.3 is 0 Å². The van der Waals surface area contributed by atoms with Crippen molar-refractivity contribution in [3.63, 3.8) is 0 Å². The van der Waals surface area contributed by atoms with E-state index in [-0.39, 0.29) is 11.8 Å². The zero-order chi connectivity index (χ0) is 18.1. The Balaban J connectivity index is 1.30. The molecule has 0 unspecified atom stereocenters. The molecule has 3 heterocycles. The van der Waals surface area contributed by atoms with Gasteiger partial charge in [-0.05, 0) is 31.2 Å². The minimum Gasteiger partial charge on any atom is -0.454 e. The Morgan fingerprint density at radius 2 is 1.92 bits per heavy atom. The van der Waals surface area contributed by atoms with Gasteiger partial charge in [0.1, 0.15) is 0 Å². The average molecular weight is 361 g/mol. The van der Waals surface area contributed by atoms with Crippen LogP contribution in [0.25, 0.3) is 0 Å². The number of rotatable bonds is 3. The number of piperidine rings is 1. The van der Waals surface area contributed by atoms with Crippen LogP contribution in [0.15, 0.2) is 18.2 Å². The maximum atomic E-state index is 12.8. The summed E-state index contributed by atoms with van der Waals surface area (Å²) in [6.07, 6.45) is 0.169. The molecule has 1 N–H and O–H groups in total. The predicted molar refractivity (Wildman–Crippen MR) is 96.0 cm³/mol. The smallest absolute Gasteiger partial charge is 0.231 e. The first-order valence-electron chi connectivity index (χ1n) is 9.36. The number of nitrogens with zero attached hydrogens (tertiary/aromatic N) is 3. The summed E-state index contributed by atoms with van der Waals surface area (Å²) in [7, 11) is 2.01. The molecule has 2 saturated heterocycles. The van der Waals surface area contributed by atoms with Crippen molar-refractivity contribution in [2.24, 2.45) is 5.92 Å². The topological polar surface area (TPSA) is 65.5 Å². The minimum absolute atomic E-state index is 0.103. The third-order valence-electron chi connectivity index (χ3n) is 5.62. The van der Waals surface area contributed by atoms with E-state index >= 15 is 0 Å². The molecule has 142 valence electrons. The first-order valence-corrected chi connectivity index (χ1v) is 9.36. The Morgan fingerprint density at radius 3 is 2.73 bits per heavy atom. The summed E-state index contributed by atoms with van der Waals surface area (Å²) in [5.41, 5.74) is 1.19. The molecule has 0 aromatic heterocycles. The van der Waals surface area contributed by atoms with Crippen LogP contribution in [0.5, 0.6) is 11.5 Å². The Bertz CT molecular complexity index is 660. The van der Waals surface area contributed by atoms with E-state index in [9.17, 15) is 9.90 Å². The summed E-state index contributed by atoms with van der Waals surface area (Å²) < 4.78 is 10.8. The number of piperazine rings is 1. The van der Waals surface area contributed by atoms with Crippen molar-refractivity contribution in [1.82, 2.24) is 14.7 Å². The monoisotopic (exact) mass is 361 g/mol. The van der Waals surface area contributed by atoms with Crippen molar-refractivity contribution >= 4 is 5.91 Å². The quantitative estimate of drug-likeness (QED) is 0.839. The molecule has 2 atom stereocenters. The number of benzene rings is 1. The molecule has 7 nitrogen and oxygen atoms in total. The highest BCUT2D eigenvalue weighted by Crippen LogP contribution is 2.32. The molecule has 1 aromatic rings. The van der Waals surface area contributed by atoms with Crippen LogP contribution in [-0.4, -0.2) is 84.9 Å².